The molecule has 26 heavy (non-hydrogen) atoms. The second kappa shape index (κ2) is 7.53. The van der Waals surface area contributed by atoms with E-state index in [1.807, 2.05) is 6.07 Å². The summed E-state index contributed by atoms with van der Waals surface area (Å²) in [7, 11) is 0. The molecule has 0 amide bonds. The Morgan fingerprint density at radius 2 is 2.00 bits per heavy atom. The molecule has 0 aliphatic carbocycles. The zero-order chi connectivity index (χ0) is 19.4. The Morgan fingerprint density at radius 3 is 2.62 bits per heavy atom. The summed E-state index contributed by atoms with van der Waals surface area (Å²) in [6.45, 7) is 3.00. The number of hydrogen-bond acceptors (Lipinski definition) is 7. The van der Waals surface area contributed by atoms with E-state index in [4.69, 9.17) is 5.26 Å². The lowest BCUT2D eigenvalue weighted by atomic mass is 10.1. The second-order valence-electron chi connectivity index (χ2n) is 6.12. The number of nitriles is 1. The molecule has 0 unspecified atom stereocenters. The van der Waals surface area contributed by atoms with Crippen molar-refractivity contribution in [2.45, 2.75) is 32.1 Å². The van der Waals surface area contributed by atoms with Crippen LogP contribution in [0.15, 0.2) is 24.7 Å². The third-order valence-electron chi connectivity index (χ3n) is 3.41. The molecule has 2 rings (SSSR count). The first kappa shape index (κ1) is 19.4. The highest BCUT2D eigenvalue weighted by atomic mass is 19.4. The molecule has 10 heteroatoms. The predicted octanol–water partition coefficient (Wildman–Crippen LogP) is 2.56. The lowest BCUT2D eigenvalue weighted by molar-refractivity contribution is -0.138. The van der Waals surface area contributed by atoms with Crippen LogP contribution in [0.2, 0.25) is 0 Å². The van der Waals surface area contributed by atoms with E-state index in [1.54, 1.807) is 13.8 Å². The maximum Gasteiger partial charge on any atom is 0.416 e. The van der Waals surface area contributed by atoms with Crippen LogP contribution >= 0.6 is 0 Å². The monoisotopic (exact) mass is 366 g/mol. The third kappa shape index (κ3) is 4.80. The van der Waals surface area contributed by atoms with Crippen molar-refractivity contribution < 1.29 is 18.3 Å². The summed E-state index contributed by atoms with van der Waals surface area (Å²) in [6, 6.07) is 2.81. The van der Waals surface area contributed by atoms with Crippen LogP contribution in [-0.2, 0) is 12.7 Å². The highest BCUT2D eigenvalue weighted by Crippen LogP contribution is 2.31. The van der Waals surface area contributed by atoms with E-state index in [1.165, 1.54) is 6.20 Å². The molecule has 2 aromatic heterocycles. The SMILES string of the molecule is CC(C)(CO)Nc1nc(NCc2cnccc2C(F)(F)F)ncc1C#N. The number of pyridine rings is 1. The van der Waals surface area contributed by atoms with Gasteiger partial charge >= 0.3 is 6.18 Å². The van der Waals surface area contributed by atoms with Crippen molar-refractivity contribution in [3.05, 3.63) is 41.3 Å². The number of aromatic nitrogens is 3. The first-order valence-corrected chi connectivity index (χ1v) is 7.56. The van der Waals surface area contributed by atoms with Gasteiger partial charge in [-0.1, -0.05) is 0 Å². The molecule has 0 aromatic carbocycles. The van der Waals surface area contributed by atoms with Crippen LogP contribution in [0.3, 0.4) is 0 Å². The lowest BCUT2D eigenvalue weighted by Gasteiger charge is -2.24. The van der Waals surface area contributed by atoms with Crippen LogP contribution in [-0.4, -0.2) is 32.2 Å². The van der Waals surface area contributed by atoms with Crippen LogP contribution < -0.4 is 10.6 Å². The van der Waals surface area contributed by atoms with Gasteiger partial charge in [-0.3, -0.25) is 4.98 Å². The van der Waals surface area contributed by atoms with Crippen molar-refractivity contribution in [2.24, 2.45) is 0 Å². The van der Waals surface area contributed by atoms with Gasteiger partial charge in [-0.2, -0.15) is 23.4 Å². The Labute approximate surface area is 147 Å². The molecule has 0 saturated heterocycles. The van der Waals surface area contributed by atoms with E-state index in [0.717, 1.165) is 18.5 Å². The Hall–Kier alpha value is -2.93. The Balaban J connectivity index is 2.23. The standard InChI is InChI=1S/C16H17F3N6O/c1-15(2,9-26)25-13-10(5-20)7-22-14(24-13)23-8-11-6-21-4-3-12(11)16(17,18)19/h3-4,6-7,26H,8-9H2,1-2H3,(H2,22,23,24,25). The van der Waals surface area contributed by atoms with Gasteiger partial charge in [-0.05, 0) is 19.9 Å². The molecular weight excluding hydrogens is 349 g/mol. The fraction of sp³-hybridized carbons (Fsp3) is 0.375. The number of aliphatic hydroxyl groups excluding tert-OH is 1. The van der Waals surface area contributed by atoms with E-state index < -0.39 is 17.3 Å². The molecular formula is C16H17F3N6O. The smallest absolute Gasteiger partial charge is 0.394 e. The molecule has 0 fully saturated rings. The van der Waals surface area contributed by atoms with Gasteiger partial charge in [-0.15, -0.1) is 0 Å². The highest BCUT2D eigenvalue weighted by molar-refractivity contribution is 5.54. The zero-order valence-corrected chi connectivity index (χ0v) is 14.1. The molecule has 0 bridgehead atoms. The first-order valence-electron chi connectivity index (χ1n) is 7.56. The minimum Gasteiger partial charge on any atom is -0.394 e. The third-order valence-corrected chi connectivity index (χ3v) is 3.41. The van der Waals surface area contributed by atoms with Gasteiger partial charge in [0.2, 0.25) is 5.95 Å². The van der Waals surface area contributed by atoms with Gasteiger partial charge < -0.3 is 15.7 Å². The van der Waals surface area contributed by atoms with E-state index in [2.05, 4.69) is 25.6 Å². The first-order chi connectivity index (χ1) is 12.2. The largest absolute Gasteiger partial charge is 0.416 e. The fourth-order valence-corrected chi connectivity index (χ4v) is 2.02. The number of aliphatic hydroxyl groups is 1. The summed E-state index contributed by atoms with van der Waals surface area (Å²) in [5.41, 5.74) is -1.45. The fourth-order valence-electron chi connectivity index (χ4n) is 2.02. The van der Waals surface area contributed by atoms with Gasteiger partial charge in [0, 0.05) is 24.5 Å². The molecule has 2 heterocycles. The van der Waals surface area contributed by atoms with Gasteiger partial charge in [0.15, 0.2) is 0 Å². The minimum absolute atomic E-state index is 0.0391. The van der Waals surface area contributed by atoms with Crippen molar-refractivity contribution in [2.75, 3.05) is 17.2 Å². The Bertz CT molecular complexity index is 816. The molecule has 0 aliphatic heterocycles. The zero-order valence-electron chi connectivity index (χ0n) is 14.1. The minimum atomic E-state index is -4.50. The van der Waals surface area contributed by atoms with E-state index >= 15 is 0 Å². The van der Waals surface area contributed by atoms with Gasteiger partial charge in [0.1, 0.15) is 17.5 Å². The lowest BCUT2D eigenvalue weighted by Crippen LogP contribution is -2.35. The summed E-state index contributed by atoms with van der Waals surface area (Å²) >= 11 is 0. The summed E-state index contributed by atoms with van der Waals surface area (Å²) in [4.78, 5) is 11.8. The molecule has 0 radical (unpaired) electrons. The number of nitrogens with zero attached hydrogens (tertiary/aromatic N) is 4. The van der Waals surface area contributed by atoms with Crippen LogP contribution in [0.1, 0.15) is 30.5 Å². The van der Waals surface area contributed by atoms with Crippen molar-refractivity contribution in [1.82, 2.24) is 15.0 Å². The summed E-state index contributed by atoms with van der Waals surface area (Å²) in [5.74, 6) is 0.212. The van der Waals surface area contributed by atoms with Crippen LogP contribution in [0, 0.1) is 11.3 Å². The average Bonchev–Trinajstić information content (AvgIpc) is 2.59. The van der Waals surface area contributed by atoms with E-state index in [-0.39, 0.29) is 36.0 Å². The molecule has 3 N–H and O–H groups in total. The van der Waals surface area contributed by atoms with Crippen molar-refractivity contribution in [3.8, 4) is 6.07 Å². The molecule has 0 spiro atoms. The van der Waals surface area contributed by atoms with E-state index in [0.29, 0.717) is 0 Å². The molecule has 7 nitrogen and oxygen atoms in total. The summed E-state index contributed by atoms with van der Waals surface area (Å²) < 4.78 is 39.0. The van der Waals surface area contributed by atoms with Crippen molar-refractivity contribution >= 4 is 11.8 Å². The Kier molecular flexibility index (Phi) is 5.62. The number of alkyl halides is 3. The summed E-state index contributed by atoms with van der Waals surface area (Å²) in [5, 5.41) is 24.1. The van der Waals surface area contributed by atoms with Gasteiger partial charge in [0.05, 0.1) is 23.9 Å². The number of halogens is 3. The number of nitrogens with one attached hydrogen (secondary N) is 2. The second-order valence-corrected chi connectivity index (χ2v) is 6.12. The normalized spacial score (nSPS) is 11.7. The molecule has 0 atom stereocenters. The molecule has 2 aromatic rings. The molecule has 138 valence electrons. The summed E-state index contributed by atoms with van der Waals surface area (Å²) in [6.07, 6.45) is -1.06. The molecule has 0 saturated carbocycles. The predicted molar refractivity (Wildman–Crippen MR) is 88.1 cm³/mol. The quantitative estimate of drug-likeness (QED) is 0.721. The Morgan fingerprint density at radius 1 is 1.27 bits per heavy atom. The maximum absolute atomic E-state index is 13.0. The highest BCUT2D eigenvalue weighted by Gasteiger charge is 2.33. The van der Waals surface area contributed by atoms with Crippen LogP contribution in [0.4, 0.5) is 24.9 Å². The van der Waals surface area contributed by atoms with Gasteiger partial charge in [-0.25, -0.2) is 4.98 Å². The number of anilines is 2. The maximum atomic E-state index is 13.0. The van der Waals surface area contributed by atoms with Crippen LogP contribution in [0.25, 0.3) is 0 Å². The van der Waals surface area contributed by atoms with Crippen molar-refractivity contribution in [3.63, 3.8) is 0 Å². The van der Waals surface area contributed by atoms with Crippen LogP contribution in [0.5, 0.6) is 0 Å². The van der Waals surface area contributed by atoms with E-state index in [9.17, 15) is 18.3 Å². The van der Waals surface area contributed by atoms with Gasteiger partial charge in [0.25, 0.3) is 0 Å². The van der Waals surface area contributed by atoms with Crippen molar-refractivity contribution in [1.29, 1.82) is 5.26 Å². The topological polar surface area (TPSA) is 107 Å². The molecule has 0 aliphatic rings. The average molecular weight is 366 g/mol. The number of rotatable bonds is 6. The number of hydrogen-bond donors (Lipinski definition) is 3.